The molecule has 1 aliphatic rings. The molecule has 0 saturated heterocycles. The van der Waals surface area contributed by atoms with Crippen LogP contribution in [0.4, 0.5) is 0 Å². The second kappa shape index (κ2) is 6.66. The van der Waals surface area contributed by atoms with E-state index < -0.39 is 0 Å². The highest BCUT2D eigenvalue weighted by atomic mass is 16.2. The van der Waals surface area contributed by atoms with Gasteiger partial charge in [-0.15, -0.1) is 6.42 Å². The Labute approximate surface area is 105 Å². The molecule has 96 valence electrons. The standard InChI is InChI=1S/C14H24N2O/c1-5-8-15-14(17)12(4)16-13-7-6-10(2)11(3)9-13/h1,10-13,16H,6-9H2,2-4H3,(H,15,17). The molecule has 2 N–H and O–H groups in total. The van der Waals surface area contributed by atoms with Crippen molar-refractivity contribution in [2.75, 3.05) is 6.54 Å². The fourth-order valence-electron chi connectivity index (χ4n) is 2.42. The predicted octanol–water partition coefficient (Wildman–Crippen LogP) is 1.54. The topological polar surface area (TPSA) is 41.1 Å². The van der Waals surface area contributed by atoms with Crippen LogP contribution in [0.5, 0.6) is 0 Å². The van der Waals surface area contributed by atoms with Crippen molar-refractivity contribution >= 4 is 5.91 Å². The minimum atomic E-state index is -0.158. The molecule has 0 aromatic carbocycles. The van der Waals surface area contributed by atoms with Gasteiger partial charge < -0.3 is 10.6 Å². The first-order valence-electron chi connectivity index (χ1n) is 6.51. The Morgan fingerprint density at radius 2 is 2.12 bits per heavy atom. The van der Waals surface area contributed by atoms with Gasteiger partial charge in [0.25, 0.3) is 0 Å². The summed E-state index contributed by atoms with van der Waals surface area (Å²) < 4.78 is 0. The fourth-order valence-corrected chi connectivity index (χ4v) is 2.42. The molecular weight excluding hydrogens is 212 g/mol. The van der Waals surface area contributed by atoms with Gasteiger partial charge in [0.15, 0.2) is 0 Å². The van der Waals surface area contributed by atoms with Crippen LogP contribution >= 0.6 is 0 Å². The zero-order chi connectivity index (χ0) is 12.8. The summed E-state index contributed by atoms with van der Waals surface area (Å²) in [6, 6.07) is 0.307. The van der Waals surface area contributed by atoms with Crippen LogP contribution < -0.4 is 10.6 Å². The monoisotopic (exact) mass is 236 g/mol. The molecule has 4 atom stereocenters. The number of carbonyl (C=O) groups is 1. The highest BCUT2D eigenvalue weighted by Gasteiger charge is 2.26. The third-order valence-electron chi connectivity index (χ3n) is 3.84. The molecule has 0 heterocycles. The molecule has 1 rings (SSSR count). The highest BCUT2D eigenvalue weighted by molar-refractivity contribution is 5.81. The highest BCUT2D eigenvalue weighted by Crippen LogP contribution is 2.29. The smallest absolute Gasteiger partial charge is 0.237 e. The minimum Gasteiger partial charge on any atom is -0.344 e. The summed E-state index contributed by atoms with van der Waals surface area (Å²) in [6.45, 7) is 6.81. The van der Waals surface area contributed by atoms with Gasteiger partial charge in [-0.2, -0.15) is 0 Å². The van der Waals surface area contributed by atoms with Gasteiger partial charge in [-0.05, 0) is 38.0 Å². The number of terminal acetylenes is 1. The Balaban J connectivity index is 2.34. The van der Waals surface area contributed by atoms with Crippen LogP contribution in [0, 0.1) is 24.2 Å². The van der Waals surface area contributed by atoms with Crippen molar-refractivity contribution in [3.05, 3.63) is 0 Å². The minimum absolute atomic E-state index is 0.00535. The number of nitrogens with one attached hydrogen (secondary N) is 2. The van der Waals surface area contributed by atoms with E-state index >= 15 is 0 Å². The Morgan fingerprint density at radius 1 is 1.41 bits per heavy atom. The molecule has 0 aromatic heterocycles. The van der Waals surface area contributed by atoms with Crippen molar-refractivity contribution in [2.45, 2.75) is 52.1 Å². The van der Waals surface area contributed by atoms with Gasteiger partial charge in [0.1, 0.15) is 0 Å². The number of carbonyl (C=O) groups excluding carboxylic acids is 1. The van der Waals surface area contributed by atoms with Crippen molar-refractivity contribution < 1.29 is 4.79 Å². The van der Waals surface area contributed by atoms with Gasteiger partial charge in [-0.1, -0.05) is 19.8 Å². The lowest BCUT2D eigenvalue weighted by Gasteiger charge is -2.34. The van der Waals surface area contributed by atoms with E-state index in [1.807, 2.05) is 6.92 Å². The molecule has 1 aliphatic carbocycles. The lowest BCUT2D eigenvalue weighted by atomic mass is 9.79. The Hall–Kier alpha value is -1.01. The van der Waals surface area contributed by atoms with Crippen LogP contribution in [0.2, 0.25) is 0 Å². The van der Waals surface area contributed by atoms with Crippen molar-refractivity contribution in [1.29, 1.82) is 0 Å². The fraction of sp³-hybridized carbons (Fsp3) is 0.786. The molecule has 17 heavy (non-hydrogen) atoms. The average Bonchev–Trinajstić information content (AvgIpc) is 2.30. The van der Waals surface area contributed by atoms with Gasteiger partial charge in [0.2, 0.25) is 5.91 Å². The predicted molar refractivity (Wildman–Crippen MR) is 70.4 cm³/mol. The van der Waals surface area contributed by atoms with E-state index in [0.29, 0.717) is 12.6 Å². The molecule has 0 spiro atoms. The summed E-state index contributed by atoms with van der Waals surface area (Å²) in [5.74, 6) is 3.95. The Kier molecular flexibility index (Phi) is 5.50. The maximum Gasteiger partial charge on any atom is 0.237 e. The lowest BCUT2D eigenvalue weighted by molar-refractivity contribution is -0.122. The summed E-state index contributed by atoms with van der Waals surface area (Å²) in [5, 5.41) is 6.10. The van der Waals surface area contributed by atoms with E-state index in [1.165, 1.54) is 6.42 Å². The normalized spacial score (nSPS) is 30.4. The van der Waals surface area contributed by atoms with E-state index in [-0.39, 0.29) is 11.9 Å². The maximum atomic E-state index is 11.7. The lowest BCUT2D eigenvalue weighted by Crippen LogP contribution is -2.48. The number of hydrogen-bond donors (Lipinski definition) is 2. The zero-order valence-corrected chi connectivity index (χ0v) is 11.1. The van der Waals surface area contributed by atoms with Crippen LogP contribution in [0.25, 0.3) is 0 Å². The van der Waals surface area contributed by atoms with Gasteiger partial charge in [-0.3, -0.25) is 4.79 Å². The second-order valence-electron chi connectivity index (χ2n) is 5.27. The van der Waals surface area contributed by atoms with Crippen molar-refractivity contribution in [3.8, 4) is 12.3 Å². The molecule has 0 bridgehead atoms. The summed E-state index contributed by atoms with van der Waals surface area (Å²) in [7, 11) is 0. The molecule has 1 saturated carbocycles. The molecule has 0 radical (unpaired) electrons. The van der Waals surface area contributed by atoms with Crippen LogP contribution in [0.15, 0.2) is 0 Å². The molecule has 0 aliphatic heterocycles. The summed E-state index contributed by atoms with van der Waals surface area (Å²) >= 11 is 0. The summed E-state index contributed by atoms with van der Waals surface area (Å²) in [4.78, 5) is 11.7. The molecule has 4 unspecified atom stereocenters. The van der Waals surface area contributed by atoms with E-state index in [9.17, 15) is 4.79 Å². The van der Waals surface area contributed by atoms with Gasteiger partial charge in [0.05, 0.1) is 12.6 Å². The largest absolute Gasteiger partial charge is 0.344 e. The summed E-state index contributed by atoms with van der Waals surface area (Å²) in [6.07, 6.45) is 8.68. The SMILES string of the molecule is C#CCNC(=O)C(C)NC1CCC(C)C(C)C1. The first-order chi connectivity index (χ1) is 8.04. The first kappa shape index (κ1) is 14.1. The van der Waals surface area contributed by atoms with Gasteiger partial charge in [-0.25, -0.2) is 0 Å². The van der Waals surface area contributed by atoms with E-state index in [2.05, 4.69) is 30.4 Å². The molecule has 3 nitrogen and oxygen atoms in total. The quantitative estimate of drug-likeness (QED) is 0.727. The van der Waals surface area contributed by atoms with Crippen LogP contribution in [-0.2, 0) is 4.79 Å². The second-order valence-corrected chi connectivity index (χ2v) is 5.27. The number of amides is 1. The molecule has 3 heteroatoms. The third kappa shape index (κ3) is 4.40. The average molecular weight is 236 g/mol. The number of hydrogen-bond acceptors (Lipinski definition) is 2. The Bertz CT molecular complexity index is 295. The van der Waals surface area contributed by atoms with E-state index in [4.69, 9.17) is 6.42 Å². The van der Waals surface area contributed by atoms with Crippen LogP contribution in [0.1, 0.15) is 40.0 Å². The molecule has 1 fully saturated rings. The molecular formula is C14H24N2O. The van der Waals surface area contributed by atoms with E-state index in [0.717, 1.165) is 24.7 Å². The molecule has 0 aromatic rings. The summed E-state index contributed by atoms with van der Waals surface area (Å²) in [5.41, 5.74) is 0. The van der Waals surface area contributed by atoms with Crippen LogP contribution in [0.3, 0.4) is 0 Å². The van der Waals surface area contributed by atoms with Crippen molar-refractivity contribution in [3.63, 3.8) is 0 Å². The first-order valence-corrected chi connectivity index (χ1v) is 6.51. The molecule has 1 amide bonds. The van der Waals surface area contributed by atoms with E-state index in [1.54, 1.807) is 0 Å². The van der Waals surface area contributed by atoms with Crippen molar-refractivity contribution in [2.24, 2.45) is 11.8 Å². The third-order valence-corrected chi connectivity index (χ3v) is 3.84. The zero-order valence-electron chi connectivity index (χ0n) is 11.1. The Morgan fingerprint density at radius 3 is 2.71 bits per heavy atom. The number of rotatable bonds is 4. The van der Waals surface area contributed by atoms with Gasteiger partial charge >= 0.3 is 0 Å². The van der Waals surface area contributed by atoms with Crippen molar-refractivity contribution in [1.82, 2.24) is 10.6 Å². The van der Waals surface area contributed by atoms with Crippen LogP contribution in [-0.4, -0.2) is 24.5 Å². The van der Waals surface area contributed by atoms with Gasteiger partial charge in [0, 0.05) is 6.04 Å². The maximum absolute atomic E-state index is 11.7.